The molecule has 0 spiro atoms. The van der Waals surface area contributed by atoms with Crippen molar-refractivity contribution in [3.05, 3.63) is 24.8 Å². The van der Waals surface area contributed by atoms with Crippen LogP contribution in [0.1, 0.15) is 32.6 Å². The zero-order chi connectivity index (χ0) is 10.2. The zero-order valence-electron chi connectivity index (χ0n) is 8.95. The fraction of sp³-hybridized carbons (Fsp3) is 0.692. The van der Waals surface area contributed by atoms with Gasteiger partial charge in [0.2, 0.25) is 0 Å². The second-order valence-corrected chi connectivity index (χ2v) is 5.07. The number of rotatable bonds is 1. The Hall–Kier alpha value is -0.560. The van der Waals surface area contributed by atoms with E-state index in [1.165, 1.54) is 12.8 Å². The van der Waals surface area contributed by atoms with E-state index < -0.39 is 0 Å². The van der Waals surface area contributed by atoms with Crippen molar-refractivity contribution < 1.29 is 5.11 Å². The zero-order valence-corrected chi connectivity index (χ0v) is 8.95. The molecule has 0 saturated heterocycles. The Kier molecular flexibility index (Phi) is 2.52. The van der Waals surface area contributed by atoms with Gasteiger partial charge in [0.15, 0.2) is 0 Å². The third kappa shape index (κ3) is 1.44. The topological polar surface area (TPSA) is 20.2 Å². The largest absolute Gasteiger partial charge is 0.392 e. The number of aliphatic hydroxyl groups is 1. The quantitative estimate of drug-likeness (QED) is 0.633. The standard InChI is InChI=1S/C13H20O/c1-3-10-7-8-11-5-4-6-12(14)13(11,2)9-10/h3-5,10-12,14H,1,6-9H2,2H3/t10-,11+,12?,13+/m1/s1. The molecule has 0 amide bonds. The van der Waals surface area contributed by atoms with Crippen LogP contribution in [0.2, 0.25) is 0 Å². The molecule has 1 N–H and O–H groups in total. The van der Waals surface area contributed by atoms with Crippen LogP contribution in [0.15, 0.2) is 24.8 Å². The van der Waals surface area contributed by atoms with Crippen molar-refractivity contribution in [2.75, 3.05) is 0 Å². The Balaban J connectivity index is 2.21. The Morgan fingerprint density at radius 3 is 3.00 bits per heavy atom. The van der Waals surface area contributed by atoms with Gasteiger partial charge in [-0.15, -0.1) is 6.58 Å². The molecular formula is C13H20O. The van der Waals surface area contributed by atoms with Gasteiger partial charge >= 0.3 is 0 Å². The lowest BCUT2D eigenvalue weighted by Crippen LogP contribution is -2.44. The molecule has 0 aromatic carbocycles. The van der Waals surface area contributed by atoms with Crippen LogP contribution in [-0.4, -0.2) is 11.2 Å². The molecule has 1 heteroatoms. The van der Waals surface area contributed by atoms with Gasteiger partial charge < -0.3 is 5.11 Å². The molecule has 1 nitrogen and oxygen atoms in total. The molecule has 0 aromatic rings. The van der Waals surface area contributed by atoms with Gasteiger partial charge in [-0.1, -0.05) is 25.2 Å². The lowest BCUT2D eigenvalue weighted by molar-refractivity contribution is -0.0325. The molecule has 14 heavy (non-hydrogen) atoms. The Bertz CT molecular complexity index is 256. The molecule has 1 unspecified atom stereocenters. The Labute approximate surface area is 86.5 Å². The van der Waals surface area contributed by atoms with Crippen molar-refractivity contribution in [2.45, 2.75) is 38.7 Å². The summed E-state index contributed by atoms with van der Waals surface area (Å²) in [5.41, 5.74) is 0.103. The van der Waals surface area contributed by atoms with Crippen LogP contribution < -0.4 is 0 Å². The van der Waals surface area contributed by atoms with E-state index in [1.54, 1.807) is 0 Å². The fourth-order valence-corrected chi connectivity index (χ4v) is 3.08. The van der Waals surface area contributed by atoms with Gasteiger partial charge in [-0.25, -0.2) is 0 Å². The normalized spacial score (nSPS) is 47.1. The number of fused-ring (bicyclic) bond motifs is 1. The van der Waals surface area contributed by atoms with Gasteiger partial charge in [0.1, 0.15) is 0 Å². The van der Waals surface area contributed by atoms with Crippen molar-refractivity contribution in [1.29, 1.82) is 0 Å². The van der Waals surface area contributed by atoms with E-state index in [0.717, 1.165) is 12.8 Å². The molecule has 0 aliphatic heterocycles. The highest BCUT2D eigenvalue weighted by Gasteiger charge is 2.44. The molecule has 2 aliphatic rings. The summed E-state index contributed by atoms with van der Waals surface area (Å²) in [7, 11) is 0. The van der Waals surface area contributed by atoms with Crippen LogP contribution >= 0.6 is 0 Å². The molecule has 1 fully saturated rings. The summed E-state index contributed by atoms with van der Waals surface area (Å²) < 4.78 is 0. The van der Waals surface area contributed by atoms with E-state index in [0.29, 0.717) is 11.8 Å². The first kappa shape index (κ1) is 9.97. The summed E-state index contributed by atoms with van der Waals surface area (Å²) in [6.07, 6.45) is 10.7. The SMILES string of the molecule is C=C[C@@H]1CC[C@@H]2C=CCC(O)[C@@]2(C)C1. The molecule has 0 heterocycles. The summed E-state index contributed by atoms with van der Waals surface area (Å²) in [5, 5.41) is 10.1. The molecule has 2 aliphatic carbocycles. The summed E-state index contributed by atoms with van der Waals surface area (Å²) in [6.45, 7) is 6.12. The molecular weight excluding hydrogens is 172 g/mol. The minimum Gasteiger partial charge on any atom is -0.392 e. The second kappa shape index (κ2) is 3.54. The van der Waals surface area contributed by atoms with Crippen LogP contribution in [0.25, 0.3) is 0 Å². The lowest BCUT2D eigenvalue weighted by atomic mass is 9.59. The first-order valence-electron chi connectivity index (χ1n) is 5.64. The molecule has 0 radical (unpaired) electrons. The molecule has 78 valence electrons. The van der Waals surface area contributed by atoms with E-state index in [4.69, 9.17) is 0 Å². The van der Waals surface area contributed by atoms with E-state index >= 15 is 0 Å². The van der Waals surface area contributed by atoms with Crippen LogP contribution in [0.5, 0.6) is 0 Å². The van der Waals surface area contributed by atoms with Crippen molar-refractivity contribution in [3.63, 3.8) is 0 Å². The predicted molar refractivity (Wildman–Crippen MR) is 58.9 cm³/mol. The highest BCUT2D eigenvalue weighted by Crippen LogP contribution is 2.49. The first-order chi connectivity index (χ1) is 6.66. The molecule has 0 aromatic heterocycles. The highest BCUT2D eigenvalue weighted by molar-refractivity contribution is 5.10. The van der Waals surface area contributed by atoms with E-state index in [2.05, 4.69) is 31.7 Å². The lowest BCUT2D eigenvalue weighted by Gasteiger charge is -2.48. The van der Waals surface area contributed by atoms with Gasteiger partial charge in [0.25, 0.3) is 0 Å². The molecule has 2 rings (SSSR count). The number of hydrogen-bond acceptors (Lipinski definition) is 1. The van der Waals surface area contributed by atoms with Crippen LogP contribution in [0.4, 0.5) is 0 Å². The minimum atomic E-state index is -0.153. The fourth-order valence-electron chi connectivity index (χ4n) is 3.08. The van der Waals surface area contributed by atoms with Gasteiger partial charge in [-0.05, 0) is 37.5 Å². The third-order valence-corrected chi connectivity index (χ3v) is 4.22. The van der Waals surface area contributed by atoms with Crippen LogP contribution in [0, 0.1) is 17.3 Å². The second-order valence-electron chi connectivity index (χ2n) is 5.07. The summed E-state index contributed by atoms with van der Waals surface area (Å²) >= 11 is 0. The predicted octanol–water partition coefficient (Wildman–Crippen LogP) is 2.92. The minimum absolute atomic E-state index is 0.103. The first-order valence-corrected chi connectivity index (χ1v) is 5.64. The Morgan fingerprint density at radius 2 is 2.29 bits per heavy atom. The molecule has 4 atom stereocenters. The molecule has 1 saturated carbocycles. The van der Waals surface area contributed by atoms with Crippen molar-refractivity contribution >= 4 is 0 Å². The van der Waals surface area contributed by atoms with Gasteiger partial charge in [0, 0.05) is 5.41 Å². The van der Waals surface area contributed by atoms with Gasteiger partial charge in [0.05, 0.1) is 6.10 Å². The van der Waals surface area contributed by atoms with Gasteiger partial charge in [-0.3, -0.25) is 0 Å². The number of allylic oxidation sites excluding steroid dienone is 2. The van der Waals surface area contributed by atoms with Crippen molar-refractivity contribution in [1.82, 2.24) is 0 Å². The maximum atomic E-state index is 10.1. The average molecular weight is 192 g/mol. The summed E-state index contributed by atoms with van der Waals surface area (Å²) in [5.74, 6) is 1.19. The van der Waals surface area contributed by atoms with E-state index in [9.17, 15) is 5.11 Å². The maximum Gasteiger partial charge on any atom is 0.0634 e. The van der Waals surface area contributed by atoms with Crippen LogP contribution in [-0.2, 0) is 0 Å². The van der Waals surface area contributed by atoms with Crippen LogP contribution in [0.3, 0.4) is 0 Å². The van der Waals surface area contributed by atoms with Crippen molar-refractivity contribution in [2.24, 2.45) is 17.3 Å². The smallest absolute Gasteiger partial charge is 0.0634 e. The summed E-state index contributed by atoms with van der Waals surface area (Å²) in [6, 6.07) is 0. The monoisotopic (exact) mass is 192 g/mol. The number of hydrogen-bond donors (Lipinski definition) is 1. The van der Waals surface area contributed by atoms with Crippen molar-refractivity contribution in [3.8, 4) is 0 Å². The molecule has 0 bridgehead atoms. The van der Waals surface area contributed by atoms with E-state index in [1.807, 2.05) is 0 Å². The highest BCUT2D eigenvalue weighted by atomic mass is 16.3. The van der Waals surface area contributed by atoms with E-state index in [-0.39, 0.29) is 11.5 Å². The maximum absolute atomic E-state index is 10.1. The third-order valence-electron chi connectivity index (χ3n) is 4.22. The summed E-state index contributed by atoms with van der Waals surface area (Å²) in [4.78, 5) is 0. The Morgan fingerprint density at radius 1 is 1.50 bits per heavy atom. The van der Waals surface area contributed by atoms with Gasteiger partial charge in [-0.2, -0.15) is 0 Å². The average Bonchev–Trinajstić information content (AvgIpc) is 2.19. The number of aliphatic hydroxyl groups excluding tert-OH is 1.